The van der Waals surface area contributed by atoms with Gasteiger partial charge in [-0.15, -0.1) is 0 Å². The van der Waals surface area contributed by atoms with Crippen LogP contribution in [0.1, 0.15) is 16.1 Å². The first kappa shape index (κ1) is 10.4. The lowest BCUT2D eigenvalue weighted by Crippen LogP contribution is -2.12. The lowest BCUT2D eigenvalue weighted by molar-refractivity contribution is 0.100. The number of fused-ring (bicyclic) bond motifs is 1. The fourth-order valence-corrected chi connectivity index (χ4v) is 1.72. The maximum absolute atomic E-state index is 11.3. The number of nitrogens with zero attached hydrogens (tertiary/aromatic N) is 1. The van der Waals surface area contributed by atoms with Gasteiger partial charge >= 0.3 is 0 Å². The molecule has 2 rings (SSSR count). The number of ether oxygens (including phenoxy) is 1. The molecule has 1 heterocycles. The Bertz CT molecular complexity index is 564. The molecule has 0 fully saturated rings. The molecule has 4 heteroatoms. The van der Waals surface area contributed by atoms with Crippen molar-refractivity contribution in [2.45, 2.75) is 6.92 Å². The summed E-state index contributed by atoms with van der Waals surface area (Å²) in [4.78, 5) is 15.7. The van der Waals surface area contributed by atoms with Gasteiger partial charge in [-0.25, -0.2) is 4.98 Å². The number of primary amides is 1. The summed E-state index contributed by atoms with van der Waals surface area (Å²) in [5, 5.41) is 0.720. The minimum atomic E-state index is -0.455. The first-order valence-electron chi connectivity index (χ1n) is 4.87. The molecule has 0 saturated heterocycles. The molecule has 16 heavy (non-hydrogen) atoms. The zero-order valence-electron chi connectivity index (χ0n) is 9.15. The molecule has 0 aliphatic carbocycles. The van der Waals surface area contributed by atoms with Gasteiger partial charge in [0.1, 0.15) is 11.3 Å². The zero-order valence-corrected chi connectivity index (χ0v) is 9.15. The topological polar surface area (TPSA) is 65.2 Å². The maximum atomic E-state index is 11.3. The average molecular weight is 216 g/mol. The van der Waals surface area contributed by atoms with Crippen LogP contribution in [0.2, 0.25) is 0 Å². The van der Waals surface area contributed by atoms with Gasteiger partial charge in [0.2, 0.25) is 5.91 Å². The van der Waals surface area contributed by atoms with Crippen molar-refractivity contribution in [3.05, 3.63) is 35.5 Å². The number of methoxy groups -OCH3 is 1. The van der Waals surface area contributed by atoms with Gasteiger partial charge in [-0.05, 0) is 19.1 Å². The number of pyridine rings is 1. The fourth-order valence-electron chi connectivity index (χ4n) is 1.72. The third kappa shape index (κ3) is 1.58. The van der Waals surface area contributed by atoms with Crippen LogP contribution in [-0.4, -0.2) is 18.0 Å². The number of aryl methyl sites for hydroxylation is 1. The van der Waals surface area contributed by atoms with Gasteiger partial charge in [-0.3, -0.25) is 4.79 Å². The Labute approximate surface area is 93.0 Å². The summed E-state index contributed by atoms with van der Waals surface area (Å²) in [6.07, 6.45) is 0. The van der Waals surface area contributed by atoms with Gasteiger partial charge in [0.25, 0.3) is 0 Å². The van der Waals surface area contributed by atoms with Crippen LogP contribution in [0.25, 0.3) is 10.9 Å². The number of aromatic nitrogens is 1. The van der Waals surface area contributed by atoms with Crippen molar-refractivity contribution in [1.82, 2.24) is 4.98 Å². The van der Waals surface area contributed by atoms with Crippen molar-refractivity contribution in [2.75, 3.05) is 7.11 Å². The van der Waals surface area contributed by atoms with Gasteiger partial charge in [0.05, 0.1) is 12.7 Å². The Kier molecular flexibility index (Phi) is 2.48. The van der Waals surface area contributed by atoms with Crippen LogP contribution in [-0.2, 0) is 0 Å². The Hall–Kier alpha value is -2.10. The summed E-state index contributed by atoms with van der Waals surface area (Å²) in [6.45, 7) is 1.82. The molecule has 0 atom stereocenters. The molecular formula is C12H12N2O2. The molecule has 0 spiro atoms. The van der Waals surface area contributed by atoms with E-state index in [9.17, 15) is 4.79 Å². The predicted octanol–water partition coefficient (Wildman–Crippen LogP) is 1.65. The van der Waals surface area contributed by atoms with E-state index in [2.05, 4.69) is 4.98 Å². The highest BCUT2D eigenvalue weighted by Crippen LogP contribution is 2.26. The predicted molar refractivity (Wildman–Crippen MR) is 61.5 cm³/mol. The van der Waals surface area contributed by atoms with Crippen molar-refractivity contribution in [1.29, 1.82) is 0 Å². The zero-order chi connectivity index (χ0) is 11.7. The monoisotopic (exact) mass is 216 g/mol. The lowest BCUT2D eigenvalue weighted by Gasteiger charge is -2.08. The Morgan fingerprint density at radius 1 is 1.44 bits per heavy atom. The van der Waals surface area contributed by atoms with Crippen molar-refractivity contribution in [3.63, 3.8) is 0 Å². The first-order chi connectivity index (χ1) is 7.63. The van der Waals surface area contributed by atoms with E-state index < -0.39 is 5.91 Å². The van der Waals surface area contributed by atoms with Crippen LogP contribution in [0.3, 0.4) is 0 Å². The second-order valence-electron chi connectivity index (χ2n) is 3.53. The Balaban J connectivity index is 2.88. The number of carbonyl (C=O) groups excluding carboxylic acids is 1. The molecule has 0 bridgehead atoms. The van der Waals surface area contributed by atoms with Crippen LogP contribution in [0.15, 0.2) is 24.3 Å². The lowest BCUT2D eigenvalue weighted by atomic mass is 10.1. The highest BCUT2D eigenvalue weighted by atomic mass is 16.5. The third-order valence-corrected chi connectivity index (χ3v) is 2.42. The van der Waals surface area contributed by atoms with Crippen molar-refractivity contribution in [3.8, 4) is 5.75 Å². The highest BCUT2D eigenvalue weighted by molar-refractivity contribution is 6.06. The first-order valence-corrected chi connectivity index (χ1v) is 4.87. The third-order valence-electron chi connectivity index (χ3n) is 2.42. The molecule has 0 aliphatic heterocycles. The molecule has 1 aromatic heterocycles. The number of hydrogen-bond donors (Lipinski definition) is 1. The molecule has 2 aromatic rings. The SMILES string of the molecule is COc1cccc2c(C(N)=O)cc(C)nc12. The van der Waals surface area contributed by atoms with E-state index >= 15 is 0 Å². The number of para-hydroxylation sites is 1. The van der Waals surface area contributed by atoms with Gasteiger partial charge in [0.15, 0.2) is 0 Å². The molecule has 82 valence electrons. The van der Waals surface area contributed by atoms with E-state index in [4.69, 9.17) is 10.5 Å². The van der Waals surface area contributed by atoms with E-state index in [-0.39, 0.29) is 0 Å². The second-order valence-corrected chi connectivity index (χ2v) is 3.53. The number of benzene rings is 1. The molecule has 1 amide bonds. The minimum absolute atomic E-state index is 0.455. The molecule has 0 aliphatic rings. The molecule has 0 radical (unpaired) electrons. The van der Waals surface area contributed by atoms with Crippen molar-refractivity contribution < 1.29 is 9.53 Å². The summed E-state index contributed by atoms with van der Waals surface area (Å²) < 4.78 is 5.20. The van der Waals surface area contributed by atoms with E-state index in [0.29, 0.717) is 16.8 Å². The average Bonchev–Trinajstić information content (AvgIpc) is 2.27. The second kappa shape index (κ2) is 3.81. The number of nitrogens with two attached hydrogens (primary N) is 1. The Morgan fingerprint density at radius 3 is 2.81 bits per heavy atom. The normalized spacial score (nSPS) is 10.4. The van der Waals surface area contributed by atoms with E-state index in [0.717, 1.165) is 11.1 Å². The van der Waals surface area contributed by atoms with Crippen LogP contribution in [0, 0.1) is 6.92 Å². The smallest absolute Gasteiger partial charge is 0.249 e. The van der Waals surface area contributed by atoms with Crippen LogP contribution < -0.4 is 10.5 Å². The maximum Gasteiger partial charge on any atom is 0.249 e. The summed E-state index contributed by atoms with van der Waals surface area (Å²) in [5.74, 6) is 0.187. The quantitative estimate of drug-likeness (QED) is 0.830. The summed E-state index contributed by atoms with van der Waals surface area (Å²) in [5.41, 5.74) is 7.21. The van der Waals surface area contributed by atoms with Crippen LogP contribution >= 0.6 is 0 Å². The fraction of sp³-hybridized carbons (Fsp3) is 0.167. The van der Waals surface area contributed by atoms with Crippen LogP contribution in [0.5, 0.6) is 5.75 Å². The Morgan fingerprint density at radius 2 is 2.19 bits per heavy atom. The number of rotatable bonds is 2. The van der Waals surface area contributed by atoms with E-state index in [1.165, 1.54) is 0 Å². The molecule has 2 N–H and O–H groups in total. The number of hydrogen-bond acceptors (Lipinski definition) is 3. The van der Waals surface area contributed by atoms with Gasteiger partial charge in [-0.2, -0.15) is 0 Å². The minimum Gasteiger partial charge on any atom is -0.494 e. The summed E-state index contributed by atoms with van der Waals surface area (Å²) in [6, 6.07) is 7.11. The van der Waals surface area contributed by atoms with E-state index in [1.807, 2.05) is 19.1 Å². The van der Waals surface area contributed by atoms with Gasteiger partial charge in [-0.1, -0.05) is 12.1 Å². The largest absolute Gasteiger partial charge is 0.494 e. The summed E-state index contributed by atoms with van der Waals surface area (Å²) >= 11 is 0. The number of amides is 1. The van der Waals surface area contributed by atoms with Crippen molar-refractivity contribution >= 4 is 16.8 Å². The molecular weight excluding hydrogens is 204 g/mol. The van der Waals surface area contributed by atoms with Gasteiger partial charge in [0, 0.05) is 11.1 Å². The molecule has 1 aromatic carbocycles. The summed E-state index contributed by atoms with van der Waals surface area (Å²) in [7, 11) is 1.57. The number of carbonyl (C=O) groups is 1. The standard InChI is InChI=1S/C12H12N2O2/c1-7-6-9(12(13)15)8-4-3-5-10(16-2)11(8)14-7/h3-6H,1-2H3,(H2,13,15). The van der Waals surface area contributed by atoms with Crippen LogP contribution in [0.4, 0.5) is 0 Å². The highest BCUT2D eigenvalue weighted by Gasteiger charge is 2.11. The van der Waals surface area contributed by atoms with Crippen molar-refractivity contribution in [2.24, 2.45) is 5.73 Å². The van der Waals surface area contributed by atoms with Gasteiger partial charge < -0.3 is 10.5 Å². The molecule has 0 unspecified atom stereocenters. The molecule has 4 nitrogen and oxygen atoms in total. The van der Waals surface area contributed by atoms with E-state index in [1.54, 1.807) is 19.2 Å². The molecule has 0 saturated carbocycles.